The first-order chi connectivity index (χ1) is 8.33. The molecule has 0 aromatic heterocycles. The second-order valence-corrected chi connectivity index (χ2v) is 5.58. The summed E-state index contributed by atoms with van der Waals surface area (Å²) in [6, 6.07) is 0.204. The van der Waals surface area contributed by atoms with Crippen molar-refractivity contribution in [2.45, 2.75) is 57.8 Å². The molecule has 0 radical (unpaired) electrons. The van der Waals surface area contributed by atoms with Crippen LogP contribution >= 0.6 is 0 Å². The third-order valence-electron chi connectivity index (χ3n) is 3.73. The topological polar surface area (TPSA) is 15.3 Å². The molecule has 1 rings (SSSR count). The molecule has 1 aliphatic rings. The maximum Gasteiger partial charge on any atom is 0.401 e. The molecule has 18 heavy (non-hydrogen) atoms. The van der Waals surface area contributed by atoms with Crippen LogP contribution in [-0.2, 0) is 0 Å². The molecular weight excluding hydrogens is 241 g/mol. The number of rotatable bonds is 5. The highest BCUT2D eigenvalue weighted by atomic mass is 19.4. The van der Waals surface area contributed by atoms with Crippen molar-refractivity contribution in [1.82, 2.24) is 10.2 Å². The Labute approximate surface area is 108 Å². The van der Waals surface area contributed by atoms with Gasteiger partial charge >= 0.3 is 6.18 Å². The van der Waals surface area contributed by atoms with Crippen molar-refractivity contribution in [3.8, 4) is 0 Å². The van der Waals surface area contributed by atoms with Crippen molar-refractivity contribution in [2.24, 2.45) is 5.92 Å². The molecule has 0 amide bonds. The summed E-state index contributed by atoms with van der Waals surface area (Å²) in [5.74, 6) is 0.519. The Balaban J connectivity index is 2.59. The third-order valence-corrected chi connectivity index (χ3v) is 3.73. The van der Waals surface area contributed by atoms with Crippen molar-refractivity contribution in [1.29, 1.82) is 0 Å². The van der Waals surface area contributed by atoms with Crippen LogP contribution in [0.1, 0.15) is 39.5 Å². The van der Waals surface area contributed by atoms with E-state index in [4.69, 9.17) is 0 Å². The normalized spacial score (nSPS) is 29.8. The molecule has 1 N–H and O–H groups in total. The smallest absolute Gasteiger partial charge is 0.312 e. The van der Waals surface area contributed by atoms with Crippen molar-refractivity contribution in [2.75, 3.05) is 20.1 Å². The fraction of sp³-hybridized carbons (Fsp3) is 1.00. The number of nitrogens with one attached hydrogen (secondary N) is 1. The standard InChI is InChI=1S/C13H25F3N2/c1-4-7-17-11-6-5-10(2)8-12(11)18(3)9-13(14,15)16/h10-12,17H,4-9H2,1-3H3. The summed E-state index contributed by atoms with van der Waals surface area (Å²) in [7, 11) is 1.59. The Morgan fingerprint density at radius 2 is 1.94 bits per heavy atom. The summed E-state index contributed by atoms with van der Waals surface area (Å²) in [5, 5.41) is 3.40. The van der Waals surface area contributed by atoms with E-state index in [1.54, 1.807) is 7.05 Å². The molecule has 1 fully saturated rings. The Morgan fingerprint density at radius 1 is 1.28 bits per heavy atom. The summed E-state index contributed by atoms with van der Waals surface area (Å²) >= 11 is 0. The zero-order chi connectivity index (χ0) is 13.8. The van der Waals surface area contributed by atoms with Gasteiger partial charge in [-0.05, 0) is 45.2 Å². The van der Waals surface area contributed by atoms with Gasteiger partial charge in [-0.1, -0.05) is 13.8 Å². The van der Waals surface area contributed by atoms with Crippen LogP contribution < -0.4 is 5.32 Å². The molecule has 3 atom stereocenters. The zero-order valence-electron chi connectivity index (χ0n) is 11.6. The number of nitrogens with zero attached hydrogens (tertiary/aromatic N) is 1. The molecule has 0 saturated heterocycles. The van der Waals surface area contributed by atoms with Crippen LogP contribution in [-0.4, -0.2) is 43.3 Å². The number of likely N-dealkylation sites (N-methyl/N-ethyl adjacent to an activating group) is 1. The van der Waals surface area contributed by atoms with Crippen molar-refractivity contribution < 1.29 is 13.2 Å². The second kappa shape index (κ2) is 6.75. The Morgan fingerprint density at radius 3 is 2.50 bits per heavy atom. The molecule has 0 aromatic rings. The summed E-state index contributed by atoms with van der Waals surface area (Å²) in [6.07, 6.45) is -0.147. The van der Waals surface area contributed by atoms with Gasteiger partial charge in [-0.25, -0.2) is 0 Å². The molecule has 0 spiro atoms. The Kier molecular flexibility index (Phi) is 5.92. The van der Waals surface area contributed by atoms with E-state index in [9.17, 15) is 13.2 Å². The molecule has 1 aliphatic carbocycles. The first kappa shape index (κ1) is 15.8. The highest BCUT2D eigenvalue weighted by molar-refractivity contribution is 4.89. The van der Waals surface area contributed by atoms with Gasteiger partial charge in [-0.15, -0.1) is 0 Å². The van der Waals surface area contributed by atoms with E-state index in [-0.39, 0.29) is 12.1 Å². The maximum atomic E-state index is 12.5. The molecule has 0 heterocycles. The highest BCUT2D eigenvalue weighted by Crippen LogP contribution is 2.29. The zero-order valence-corrected chi connectivity index (χ0v) is 11.6. The van der Waals surface area contributed by atoms with Gasteiger partial charge in [0.1, 0.15) is 0 Å². The van der Waals surface area contributed by atoms with Crippen LogP contribution in [0, 0.1) is 5.92 Å². The van der Waals surface area contributed by atoms with Crippen LogP contribution in [0.4, 0.5) is 13.2 Å². The molecule has 0 aliphatic heterocycles. The first-order valence-electron chi connectivity index (χ1n) is 6.84. The number of alkyl halides is 3. The summed E-state index contributed by atoms with van der Waals surface area (Å²) < 4.78 is 37.4. The number of halogens is 3. The SMILES string of the molecule is CCCNC1CCC(C)CC1N(C)CC(F)(F)F. The van der Waals surface area contributed by atoms with Gasteiger partial charge in [0.05, 0.1) is 6.54 Å². The molecular formula is C13H25F3N2. The van der Waals surface area contributed by atoms with Gasteiger partial charge in [0.2, 0.25) is 0 Å². The minimum Gasteiger partial charge on any atom is -0.312 e. The molecule has 5 heteroatoms. The quantitative estimate of drug-likeness (QED) is 0.823. The fourth-order valence-electron chi connectivity index (χ4n) is 2.81. The Hall–Kier alpha value is -0.290. The molecule has 1 saturated carbocycles. The van der Waals surface area contributed by atoms with Crippen molar-refractivity contribution >= 4 is 0 Å². The second-order valence-electron chi connectivity index (χ2n) is 5.58. The largest absolute Gasteiger partial charge is 0.401 e. The van der Waals surface area contributed by atoms with Crippen molar-refractivity contribution in [3.63, 3.8) is 0 Å². The van der Waals surface area contributed by atoms with E-state index >= 15 is 0 Å². The maximum absolute atomic E-state index is 12.5. The minimum atomic E-state index is -4.11. The lowest BCUT2D eigenvalue weighted by atomic mass is 9.82. The van der Waals surface area contributed by atoms with E-state index in [0.29, 0.717) is 5.92 Å². The molecule has 0 aromatic carbocycles. The molecule has 2 nitrogen and oxygen atoms in total. The van der Waals surface area contributed by atoms with Crippen LogP contribution in [0.25, 0.3) is 0 Å². The van der Waals surface area contributed by atoms with E-state index in [0.717, 1.165) is 32.2 Å². The van der Waals surface area contributed by atoms with Gasteiger partial charge in [0.25, 0.3) is 0 Å². The monoisotopic (exact) mass is 266 g/mol. The van der Waals surface area contributed by atoms with Crippen LogP contribution in [0.2, 0.25) is 0 Å². The lowest BCUT2D eigenvalue weighted by Gasteiger charge is -2.41. The molecule has 108 valence electrons. The van der Waals surface area contributed by atoms with Gasteiger partial charge in [-0.2, -0.15) is 13.2 Å². The number of hydrogen-bond acceptors (Lipinski definition) is 2. The van der Waals surface area contributed by atoms with E-state index in [1.807, 2.05) is 0 Å². The molecule has 0 bridgehead atoms. The third kappa shape index (κ3) is 5.14. The summed E-state index contributed by atoms with van der Waals surface area (Å²) in [4.78, 5) is 1.48. The number of hydrogen-bond donors (Lipinski definition) is 1. The van der Waals surface area contributed by atoms with E-state index in [2.05, 4.69) is 19.2 Å². The first-order valence-corrected chi connectivity index (χ1v) is 6.84. The summed E-state index contributed by atoms with van der Waals surface area (Å²) in [6.45, 7) is 4.28. The Bertz CT molecular complexity index is 241. The average molecular weight is 266 g/mol. The highest BCUT2D eigenvalue weighted by Gasteiger charge is 2.36. The predicted octanol–water partition coefficient (Wildman–Crippen LogP) is 3.04. The fourth-order valence-corrected chi connectivity index (χ4v) is 2.81. The van der Waals surface area contributed by atoms with Gasteiger partial charge < -0.3 is 5.32 Å². The van der Waals surface area contributed by atoms with Crippen molar-refractivity contribution in [3.05, 3.63) is 0 Å². The van der Waals surface area contributed by atoms with Crippen LogP contribution in [0.15, 0.2) is 0 Å². The predicted molar refractivity (Wildman–Crippen MR) is 67.6 cm³/mol. The lowest BCUT2D eigenvalue weighted by Crippen LogP contribution is -2.53. The van der Waals surface area contributed by atoms with Gasteiger partial charge in [-0.3, -0.25) is 4.90 Å². The average Bonchev–Trinajstić information content (AvgIpc) is 2.25. The van der Waals surface area contributed by atoms with E-state index < -0.39 is 12.7 Å². The van der Waals surface area contributed by atoms with Crippen LogP contribution in [0.3, 0.4) is 0 Å². The van der Waals surface area contributed by atoms with Crippen LogP contribution in [0.5, 0.6) is 0 Å². The van der Waals surface area contributed by atoms with E-state index in [1.165, 1.54) is 4.90 Å². The lowest BCUT2D eigenvalue weighted by molar-refractivity contribution is -0.150. The minimum absolute atomic E-state index is 0.00178. The summed E-state index contributed by atoms with van der Waals surface area (Å²) in [5.41, 5.74) is 0. The van der Waals surface area contributed by atoms with Gasteiger partial charge in [0, 0.05) is 12.1 Å². The molecule has 3 unspecified atom stereocenters. The van der Waals surface area contributed by atoms with Gasteiger partial charge in [0.15, 0.2) is 0 Å².